The molecule has 1 aliphatic carbocycles. The molecule has 1 saturated carbocycles. The van der Waals surface area contributed by atoms with Gasteiger partial charge in [0.2, 0.25) is 5.89 Å². The van der Waals surface area contributed by atoms with Crippen LogP contribution in [-0.4, -0.2) is 11.0 Å². The highest BCUT2D eigenvalue weighted by molar-refractivity contribution is 4.92. The van der Waals surface area contributed by atoms with E-state index < -0.39 is 0 Å². The summed E-state index contributed by atoms with van der Waals surface area (Å²) in [6.45, 7) is 9.74. The number of aryl methyl sites for hydroxylation is 1. The van der Waals surface area contributed by atoms with Crippen molar-refractivity contribution in [1.29, 1.82) is 0 Å². The first kappa shape index (κ1) is 13.6. The zero-order valence-corrected chi connectivity index (χ0v) is 12.1. The van der Waals surface area contributed by atoms with Crippen LogP contribution in [0.5, 0.6) is 0 Å². The van der Waals surface area contributed by atoms with Crippen LogP contribution < -0.4 is 5.32 Å². The van der Waals surface area contributed by atoms with Crippen molar-refractivity contribution < 1.29 is 4.42 Å². The topological polar surface area (TPSA) is 38.1 Å². The maximum atomic E-state index is 5.52. The average molecular weight is 250 g/mol. The SMILES string of the molecule is Cc1cnc(CNC2CC(C)CCC2C(C)C)o1. The van der Waals surface area contributed by atoms with Crippen LogP contribution in [0.25, 0.3) is 0 Å². The fourth-order valence-electron chi connectivity index (χ4n) is 3.14. The lowest BCUT2D eigenvalue weighted by Gasteiger charge is -2.37. The van der Waals surface area contributed by atoms with Gasteiger partial charge in [-0.15, -0.1) is 0 Å². The molecule has 3 atom stereocenters. The summed E-state index contributed by atoms with van der Waals surface area (Å²) in [5.41, 5.74) is 0. The second kappa shape index (κ2) is 5.87. The molecule has 0 bridgehead atoms. The Morgan fingerprint density at radius 3 is 2.83 bits per heavy atom. The number of nitrogens with zero attached hydrogens (tertiary/aromatic N) is 1. The molecule has 1 aromatic rings. The van der Waals surface area contributed by atoms with Crippen LogP contribution in [0.3, 0.4) is 0 Å². The molecule has 3 heteroatoms. The number of oxazole rings is 1. The van der Waals surface area contributed by atoms with Gasteiger partial charge in [0, 0.05) is 6.04 Å². The molecule has 1 heterocycles. The Kier molecular flexibility index (Phi) is 4.44. The molecule has 0 amide bonds. The molecule has 1 N–H and O–H groups in total. The van der Waals surface area contributed by atoms with Gasteiger partial charge in [-0.05, 0) is 37.5 Å². The normalized spacial score (nSPS) is 28.8. The van der Waals surface area contributed by atoms with Crippen molar-refractivity contribution in [3.8, 4) is 0 Å². The molecule has 18 heavy (non-hydrogen) atoms. The Balaban J connectivity index is 1.92. The quantitative estimate of drug-likeness (QED) is 0.888. The van der Waals surface area contributed by atoms with Gasteiger partial charge in [0.15, 0.2) is 0 Å². The van der Waals surface area contributed by atoms with Crippen molar-refractivity contribution in [1.82, 2.24) is 10.3 Å². The summed E-state index contributed by atoms with van der Waals surface area (Å²) in [5.74, 6) is 4.08. The zero-order chi connectivity index (χ0) is 13.1. The van der Waals surface area contributed by atoms with E-state index in [0.29, 0.717) is 6.04 Å². The average Bonchev–Trinajstić information content (AvgIpc) is 2.72. The van der Waals surface area contributed by atoms with Gasteiger partial charge in [0.1, 0.15) is 5.76 Å². The highest BCUT2D eigenvalue weighted by atomic mass is 16.4. The standard InChI is InChI=1S/C15H26N2O/c1-10(2)13-6-5-11(3)7-14(13)16-9-15-17-8-12(4)18-15/h8,10-11,13-14,16H,5-7,9H2,1-4H3. The van der Waals surface area contributed by atoms with Crippen LogP contribution in [0.15, 0.2) is 10.6 Å². The molecule has 2 rings (SSSR count). The highest BCUT2D eigenvalue weighted by Gasteiger charge is 2.30. The lowest BCUT2D eigenvalue weighted by atomic mass is 9.74. The molecule has 0 saturated heterocycles. The van der Waals surface area contributed by atoms with Crippen molar-refractivity contribution in [2.45, 2.75) is 59.5 Å². The summed E-state index contributed by atoms with van der Waals surface area (Å²) in [5, 5.41) is 3.66. The molecule has 0 aliphatic heterocycles. The highest BCUT2D eigenvalue weighted by Crippen LogP contribution is 2.33. The monoisotopic (exact) mass is 250 g/mol. The van der Waals surface area contributed by atoms with Gasteiger partial charge in [0.05, 0.1) is 12.7 Å². The Morgan fingerprint density at radius 2 is 2.22 bits per heavy atom. The second-order valence-corrected chi connectivity index (χ2v) is 6.18. The third-order valence-corrected chi connectivity index (χ3v) is 4.21. The van der Waals surface area contributed by atoms with E-state index in [2.05, 4.69) is 31.1 Å². The van der Waals surface area contributed by atoms with E-state index in [4.69, 9.17) is 4.42 Å². The zero-order valence-electron chi connectivity index (χ0n) is 12.1. The van der Waals surface area contributed by atoms with E-state index in [1.54, 1.807) is 6.20 Å². The number of hydrogen-bond donors (Lipinski definition) is 1. The molecule has 102 valence electrons. The number of rotatable bonds is 4. The molecule has 1 fully saturated rings. The minimum Gasteiger partial charge on any atom is -0.445 e. The molecule has 0 aromatic carbocycles. The lowest BCUT2D eigenvalue weighted by Crippen LogP contribution is -2.42. The van der Waals surface area contributed by atoms with E-state index in [9.17, 15) is 0 Å². The third-order valence-electron chi connectivity index (χ3n) is 4.21. The third kappa shape index (κ3) is 3.35. The van der Waals surface area contributed by atoms with Gasteiger partial charge < -0.3 is 9.73 Å². The van der Waals surface area contributed by atoms with Gasteiger partial charge in [0.25, 0.3) is 0 Å². The maximum absolute atomic E-state index is 5.52. The first-order valence-electron chi connectivity index (χ1n) is 7.21. The first-order valence-corrected chi connectivity index (χ1v) is 7.21. The largest absolute Gasteiger partial charge is 0.445 e. The Labute approximate surface area is 110 Å². The van der Waals surface area contributed by atoms with Crippen molar-refractivity contribution >= 4 is 0 Å². The van der Waals surface area contributed by atoms with Gasteiger partial charge in [-0.2, -0.15) is 0 Å². The van der Waals surface area contributed by atoms with Crippen LogP contribution in [0.4, 0.5) is 0 Å². The molecule has 3 unspecified atom stereocenters. The van der Waals surface area contributed by atoms with E-state index in [-0.39, 0.29) is 0 Å². The van der Waals surface area contributed by atoms with Crippen LogP contribution in [-0.2, 0) is 6.54 Å². The van der Waals surface area contributed by atoms with Crippen molar-refractivity contribution in [2.24, 2.45) is 17.8 Å². The van der Waals surface area contributed by atoms with Crippen molar-refractivity contribution in [3.05, 3.63) is 17.8 Å². The Morgan fingerprint density at radius 1 is 1.44 bits per heavy atom. The molecule has 3 nitrogen and oxygen atoms in total. The summed E-state index contributed by atoms with van der Waals surface area (Å²) >= 11 is 0. The van der Waals surface area contributed by atoms with Crippen molar-refractivity contribution in [3.63, 3.8) is 0 Å². The van der Waals surface area contributed by atoms with Crippen molar-refractivity contribution in [2.75, 3.05) is 0 Å². The Bertz CT molecular complexity index is 372. The fraction of sp³-hybridized carbons (Fsp3) is 0.800. The summed E-state index contributed by atoms with van der Waals surface area (Å²) < 4.78 is 5.52. The summed E-state index contributed by atoms with van der Waals surface area (Å²) in [6.07, 6.45) is 5.79. The molecule has 1 aliphatic rings. The maximum Gasteiger partial charge on any atom is 0.208 e. The van der Waals surface area contributed by atoms with E-state index in [1.165, 1.54) is 19.3 Å². The van der Waals surface area contributed by atoms with Crippen LogP contribution in [0.1, 0.15) is 51.7 Å². The molecular weight excluding hydrogens is 224 g/mol. The smallest absolute Gasteiger partial charge is 0.208 e. The lowest BCUT2D eigenvalue weighted by molar-refractivity contribution is 0.166. The van der Waals surface area contributed by atoms with Crippen LogP contribution in [0, 0.1) is 24.7 Å². The van der Waals surface area contributed by atoms with Gasteiger partial charge >= 0.3 is 0 Å². The Hall–Kier alpha value is -0.830. The predicted octanol–water partition coefficient (Wildman–Crippen LogP) is 3.53. The van der Waals surface area contributed by atoms with E-state index in [1.807, 2.05) is 6.92 Å². The molecule has 0 spiro atoms. The predicted molar refractivity (Wildman–Crippen MR) is 73.2 cm³/mol. The first-order chi connectivity index (χ1) is 8.56. The summed E-state index contributed by atoms with van der Waals surface area (Å²) in [7, 11) is 0. The molecule has 1 aromatic heterocycles. The summed E-state index contributed by atoms with van der Waals surface area (Å²) in [4.78, 5) is 4.26. The van der Waals surface area contributed by atoms with Gasteiger partial charge in [-0.3, -0.25) is 0 Å². The second-order valence-electron chi connectivity index (χ2n) is 6.18. The summed E-state index contributed by atoms with van der Waals surface area (Å²) in [6, 6.07) is 0.612. The minimum atomic E-state index is 0.612. The molecule has 0 radical (unpaired) electrons. The number of nitrogens with one attached hydrogen (secondary N) is 1. The fourth-order valence-corrected chi connectivity index (χ4v) is 3.14. The molecular formula is C15H26N2O. The van der Waals surface area contributed by atoms with Gasteiger partial charge in [-0.1, -0.05) is 27.2 Å². The van der Waals surface area contributed by atoms with E-state index in [0.717, 1.165) is 35.9 Å². The van der Waals surface area contributed by atoms with Crippen LogP contribution in [0.2, 0.25) is 0 Å². The van der Waals surface area contributed by atoms with E-state index >= 15 is 0 Å². The number of aromatic nitrogens is 1. The minimum absolute atomic E-state index is 0.612. The van der Waals surface area contributed by atoms with Gasteiger partial charge in [-0.25, -0.2) is 4.98 Å². The van der Waals surface area contributed by atoms with Crippen LogP contribution >= 0.6 is 0 Å². The number of hydrogen-bond acceptors (Lipinski definition) is 3.